The lowest BCUT2D eigenvalue weighted by molar-refractivity contribution is -0.117. The first-order valence-electron chi connectivity index (χ1n) is 8.70. The normalized spacial score (nSPS) is 16.3. The summed E-state index contributed by atoms with van der Waals surface area (Å²) in [7, 11) is 0. The van der Waals surface area contributed by atoms with E-state index in [0.29, 0.717) is 23.5 Å². The number of benzene rings is 1. The van der Waals surface area contributed by atoms with Gasteiger partial charge in [0.15, 0.2) is 5.78 Å². The quantitative estimate of drug-likeness (QED) is 0.776. The summed E-state index contributed by atoms with van der Waals surface area (Å²) >= 11 is 5.58. The number of nitrogens with zero attached hydrogens (tertiary/aromatic N) is 1. The second kappa shape index (κ2) is 7.79. The third-order valence-corrected chi connectivity index (χ3v) is 4.70. The smallest absolute Gasteiger partial charge is 0.168 e. The Morgan fingerprint density at radius 1 is 1.12 bits per heavy atom. The van der Waals surface area contributed by atoms with Crippen LogP contribution in [0.5, 0.6) is 0 Å². The Labute approximate surface area is 159 Å². The monoisotopic (exact) mass is 365 g/mol. The van der Waals surface area contributed by atoms with E-state index in [-0.39, 0.29) is 11.2 Å². The SMILES string of the molecule is CC1(C)CC(=O)C(C(=S)Nc2ccccc2)=C(NCc2ccncc2)C1. The van der Waals surface area contributed by atoms with Gasteiger partial charge in [0.05, 0.1) is 5.57 Å². The maximum Gasteiger partial charge on any atom is 0.168 e. The van der Waals surface area contributed by atoms with Crippen LogP contribution in [0.4, 0.5) is 5.69 Å². The van der Waals surface area contributed by atoms with Crippen molar-refractivity contribution >= 4 is 28.7 Å². The topological polar surface area (TPSA) is 54.0 Å². The van der Waals surface area contributed by atoms with E-state index in [1.807, 2.05) is 42.5 Å². The summed E-state index contributed by atoms with van der Waals surface area (Å²) in [6, 6.07) is 13.6. The van der Waals surface area contributed by atoms with Gasteiger partial charge >= 0.3 is 0 Å². The average Bonchev–Trinajstić information content (AvgIpc) is 2.60. The molecule has 1 aromatic carbocycles. The third-order valence-electron chi connectivity index (χ3n) is 4.39. The Morgan fingerprint density at radius 3 is 2.50 bits per heavy atom. The van der Waals surface area contributed by atoms with Gasteiger partial charge in [0, 0.05) is 36.7 Å². The Bertz CT molecular complexity index is 829. The number of hydrogen-bond acceptors (Lipinski definition) is 4. The second-order valence-corrected chi connectivity index (χ2v) is 7.73. The van der Waals surface area contributed by atoms with Crippen molar-refractivity contribution in [2.75, 3.05) is 5.32 Å². The molecule has 0 fully saturated rings. The number of thiocarbonyl (C=S) groups is 1. The number of rotatable bonds is 5. The lowest BCUT2D eigenvalue weighted by Crippen LogP contribution is -2.35. The maximum atomic E-state index is 12.8. The molecule has 4 nitrogen and oxygen atoms in total. The van der Waals surface area contributed by atoms with Gasteiger partial charge in [-0.15, -0.1) is 0 Å². The van der Waals surface area contributed by atoms with Crippen molar-refractivity contribution < 1.29 is 4.79 Å². The van der Waals surface area contributed by atoms with E-state index in [1.165, 1.54) is 0 Å². The summed E-state index contributed by atoms with van der Waals surface area (Å²) < 4.78 is 0. The molecule has 2 N–H and O–H groups in total. The van der Waals surface area contributed by atoms with Crippen molar-refractivity contribution in [3.63, 3.8) is 0 Å². The average molecular weight is 366 g/mol. The van der Waals surface area contributed by atoms with Gasteiger partial charge in [-0.1, -0.05) is 44.3 Å². The molecule has 0 amide bonds. The minimum Gasteiger partial charge on any atom is -0.384 e. The predicted octanol–water partition coefficient (Wildman–Crippen LogP) is 4.25. The predicted molar refractivity (Wildman–Crippen MR) is 109 cm³/mol. The number of ketones is 1. The first-order chi connectivity index (χ1) is 12.4. The van der Waals surface area contributed by atoms with Crippen LogP contribution in [0, 0.1) is 5.41 Å². The van der Waals surface area contributed by atoms with Crippen LogP contribution in [0.1, 0.15) is 32.3 Å². The number of Topliss-reactive ketones (excluding diaryl/α,β-unsaturated/α-hetero) is 1. The molecule has 3 rings (SSSR count). The van der Waals surface area contributed by atoms with E-state index in [1.54, 1.807) is 12.4 Å². The molecule has 0 spiro atoms. The number of carbonyl (C=O) groups excluding carboxylic acids is 1. The van der Waals surface area contributed by atoms with Crippen molar-refractivity contribution in [3.05, 3.63) is 71.7 Å². The molecule has 0 saturated heterocycles. The van der Waals surface area contributed by atoms with Crippen molar-refractivity contribution in [1.29, 1.82) is 0 Å². The Morgan fingerprint density at radius 2 is 1.81 bits per heavy atom. The van der Waals surface area contributed by atoms with Crippen molar-refractivity contribution in [3.8, 4) is 0 Å². The van der Waals surface area contributed by atoms with Gasteiger partial charge in [-0.2, -0.15) is 0 Å². The molecule has 1 aliphatic carbocycles. The number of allylic oxidation sites excluding steroid dienone is 1. The van der Waals surface area contributed by atoms with Gasteiger partial charge in [-0.25, -0.2) is 0 Å². The largest absolute Gasteiger partial charge is 0.384 e. The standard InChI is InChI=1S/C21H23N3OS/c1-21(2)12-17(23-14-15-8-10-22-11-9-15)19(18(25)13-21)20(26)24-16-6-4-3-5-7-16/h3-11,23H,12-14H2,1-2H3,(H,24,26). The van der Waals surface area contributed by atoms with Gasteiger partial charge in [0.1, 0.15) is 4.99 Å². The molecule has 1 aliphatic rings. The van der Waals surface area contributed by atoms with Gasteiger partial charge in [0.2, 0.25) is 0 Å². The molecule has 26 heavy (non-hydrogen) atoms. The second-order valence-electron chi connectivity index (χ2n) is 7.32. The van der Waals surface area contributed by atoms with Crippen molar-refractivity contribution in [2.24, 2.45) is 5.41 Å². The lowest BCUT2D eigenvalue weighted by Gasteiger charge is -2.33. The highest BCUT2D eigenvalue weighted by Gasteiger charge is 2.34. The highest BCUT2D eigenvalue weighted by Crippen LogP contribution is 2.36. The lowest BCUT2D eigenvalue weighted by atomic mass is 9.75. The van der Waals surface area contributed by atoms with E-state index < -0.39 is 0 Å². The first-order valence-corrected chi connectivity index (χ1v) is 9.11. The maximum absolute atomic E-state index is 12.8. The van der Waals surface area contributed by atoms with Crippen molar-refractivity contribution in [1.82, 2.24) is 10.3 Å². The Kier molecular flexibility index (Phi) is 5.47. The molecule has 134 valence electrons. The van der Waals surface area contributed by atoms with Crippen LogP contribution in [0.3, 0.4) is 0 Å². The molecular weight excluding hydrogens is 342 g/mol. The molecule has 0 bridgehead atoms. The summed E-state index contributed by atoms with van der Waals surface area (Å²) in [4.78, 5) is 17.3. The van der Waals surface area contributed by atoms with Crippen LogP contribution < -0.4 is 10.6 Å². The number of pyridine rings is 1. The molecule has 0 aliphatic heterocycles. The fourth-order valence-electron chi connectivity index (χ4n) is 3.16. The minimum absolute atomic E-state index is 0.0798. The molecule has 1 aromatic heterocycles. The minimum atomic E-state index is -0.0798. The number of anilines is 1. The molecule has 0 unspecified atom stereocenters. The number of hydrogen-bond donors (Lipinski definition) is 2. The zero-order valence-corrected chi connectivity index (χ0v) is 15.9. The summed E-state index contributed by atoms with van der Waals surface area (Å²) in [6.07, 6.45) is 4.82. The molecular formula is C21H23N3OS. The van der Waals surface area contributed by atoms with Gasteiger partial charge < -0.3 is 10.6 Å². The van der Waals surface area contributed by atoms with Gasteiger partial charge in [-0.3, -0.25) is 9.78 Å². The van der Waals surface area contributed by atoms with Gasteiger partial charge in [-0.05, 0) is 41.7 Å². The van der Waals surface area contributed by atoms with Crippen LogP contribution >= 0.6 is 12.2 Å². The third kappa shape index (κ3) is 4.55. The number of carbonyl (C=O) groups is 1. The van der Waals surface area contributed by atoms with E-state index in [2.05, 4.69) is 29.5 Å². The molecule has 0 atom stereocenters. The number of para-hydroxylation sites is 1. The highest BCUT2D eigenvalue weighted by atomic mass is 32.1. The van der Waals surface area contributed by atoms with E-state index in [9.17, 15) is 4.79 Å². The van der Waals surface area contributed by atoms with Crippen LogP contribution in [0.2, 0.25) is 0 Å². The molecule has 0 radical (unpaired) electrons. The fourth-order valence-corrected chi connectivity index (χ4v) is 3.51. The van der Waals surface area contributed by atoms with Crippen LogP contribution in [-0.4, -0.2) is 15.8 Å². The van der Waals surface area contributed by atoms with E-state index in [0.717, 1.165) is 23.4 Å². The number of aromatic nitrogens is 1. The molecule has 5 heteroatoms. The molecule has 1 heterocycles. The molecule has 0 saturated carbocycles. The Hall–Kier alpha value is -2.53. The van der Waals surface area contributed by atoms with Gasteiger partial charge in [0.25, 0.3) is 0 Å². The van der Waals surface area contributed by atoms with Crippen LogP contribution in [0.15, 0.2) is 66.1 Å². The fraction of sp³-hybridized carbons (Fsp3) is 0.286. The Balaban J connectivity index is 1.85. The molecule has 2 aromatic rings. The summed E-state index contributed by atoms with van der Waals surface area (Å²) in [5, 5.41) is 6.64. The first kappa shape index (κ1) is 18.3. The van der Waals surface area contributed by atoms with Crippen LogP contribution in [0.25, 0.3) is 0 Å². The zero-order chi connectivity index (χ0) is 18.6. The van der Waals surface area contributed by atoms with Crippen LogP contribution in [-0.2, 0) is 11.3 Å². The van der Waals surface area contributed by atoms with E-state index >= 15 is 0 Å². The number of nitrogens with one attached hydrogen (secondary N) is 2. The summed E-state index contributed by atoms with van der Waals surface area (Å²) in [5.74, 6) is 0.0897. The summed E-state index contributed by atoms with van der Waals surface area (Å²) in [5.41, 5.74) is 3.44. The zero-order valence-electron chi connectivity index (χ0n) is 15.1. The van der Waals surface area contributed by atoms with E-state index in [4.69, 9.17) is 12.2 Å². The summed E-state index contributed by atoms with van der Waals surface area (Å²) in [6.45, 7) is 4.87. The van der Waals surface area contributed by atoms with Crippen molar-refractivity contribution in [2.45, 2.75) is 33.2 Å². The highest BCUT2D eigenvalue weighted by molar-refractivity contribution is 7.81.